The van der Waals surface area contributed by atoms with Crippen molar-refractivity contribution < 1.29 is 13.4 Å². The summed E-state index contributed by atoms with van der Waals surface area (Å²) in [4.78, 5) is 1.65. The highest BCUT2D eigenvalue weighted by atomic mass is 35.5. The van der Waals surface area contributed by atoms with Crippen molar-refractivity contribution in [1.29, 1.82) is 0 Å². The summed E-state index contributed by atoms with van der Waals surface area (Å²) in [6.45, 7) is 3.70. The molecule has 0 saturated carbocycles. The molecular weight excluding hydrogens is 343 g/mol. The van der Waals surface area contributed by atoms with Crippen LogP contribution in [0.5, 0.6) is 0 Å². The van der Waals surface area contributed by atoms with Crippen LogP contribution in [0.2, 0.25) is 5.02 Å². The van der Waals surface area contributed by atoms with Crippen molar-refractivity contribution in [3.8, 4) is 0 Å². The van der Waals surface area contributed by atoms with Gasteiger partial charge < -0.3 is 5.02 Å². The van der Waals surface area contributed by atoms with Crippen LogP contribution >= 0.6 is 22.9 Å². The van der Waals surface area contributed by atoms with Crippen LogP contribution in [0, 0.1) is 13.8 Å². The van der Waals surface area contributed by atoms with Crippen LogP contribution in [0.15, 0.2) is 34.3 Å². The molecule has 0 aliphatic carbocycles. The summed E-state index contributed by atoms with van der Waals surface area (Å²) in [7, 11) is -5.39. The third-order valence-corrected chi connectivity index (χ3v) is 6.43. The first-order chi connectivity index (χ1) is 10.3. The molecule has 1 aromatic carbocycles. The Hall–Kier alpha value is -1.35. The van der Waals surface area contributed by atoms with Crippen molar-refractivity contribution in [3.05, 3.63) is 44.6 Å². The molecule has 0 unspecified atom stereocenters. The lowest BCUT2D eigenvalue weighted by atomic mass is 9.74. The summed E-state index contributed by atoms with van der Waals surface area (Å²) in [5.41, 5.74) is 1.38. The fraction of sp³-hybridized carbons (Fsp3) is 0.154. The van der Waals surface area contributed by atoms with Crippen molar-refractivity contribution >= 4 is 51.7 Å². The molecule has 3 rings (SSSR count). The zero-order valence-corrected chi connectivity index (χ0v) is 14.2. The molecule has 9 heteroatoms. The minimum absolute atomic E-state index is 0.0774. The van der Waals surface area contributed by atoms with Gasteiger partial charge in [-0.2, -0.15) is 9.43 Å². The number of halogens is 1. The van der Waals surface area contributed by atoms with E-state index in [1.807, 2.05) is 13.8 Å². The number of hydrogen-bond donors (Lipinski definition) is 1. The third-order valence-electron chi connectivity index (χ3n) is 3.30. The standard InChI is InChI=1S/C13H12BClN2O3S2/c1-8-3-4-13(11(15)5-8)22(19,20)17-14(18)10-6-9(2)21-12(10)7-16-17/h3-7,18H,1-2H3. The van der Waals surface area contributed by atoms with Gasteiger partial charge in [-0.15, -0.1) is 11.3 Å². The molecule has 0 radical (unpaired) electrons. The van der Waals surface area contributed by atoms with E-state index < -0.39 is 17.1 Å². The van der Waals surface area contributed by atoms with Crippen LogP contribution in [0.1, 0.15) is 15.3 Å². The van der Waals surface area contributed by atoms with Crippen LogP contribution in [0.25, 0.3) is 0 Å². The topological polar surface area (TPSA) is 70.0 Å². The second-order valence-corrected chi connectivity index (χ2v) is 8.47. The molecule has 5 nitrogen and oxygen atoms in total. The summed E-state index contributed by atoms with van der Waals surface area (Å²) < 4.78 is 26.1. The molecule has 2 heterocycles. The van der Waals surface area contributed by atoms with Gasteiger partial charge in [0.1, 0.15) is 4.90 Å². The first-order valence-corrected chi connectivity index (χ1v) is 9.07. The van der Waals surface area contributed by atoms with Crippen molar-refractivity contribution in [3.63, 3.8) is 0 Å². The fourth-order valence-corrected chi connectivity index (χ4v) is 4.99. The minimum atomic E-state index is -4.03. The lowest BCUT2D eigenvalue weighted by Gasteiger charge is -2.24. The van der Waals surface area contributed by atoms with E-state index in [0.717, 1.165) is 15.3 Å². The third kappa shape index (κ3) is 2.46. The highest BCUT2D eigenvalue weighted by molar-refractivity contribution is 7.90. The van der Waals surface area contributed by atoms with Gasteiger partial charge in [0.15, 0.2) is 0 Å². The Bertz CT molecular complexity index is 879. The number of aryl methyl sites for hydroxylation is 2. The second-order valence-electron chi connectivity index (χ2n) is 5.01. The molecule has 0 atom stereocenters. The van der Waals surface area contributed by atoms with Crippen LogP contribution < -0.4 is 5.46 Å². The zero-order valence-electron chi connectivity index (χ0n) is 11.8. The predicted molar refractivity (Wildman–Crippen MR) is 89.5 cm³/mol. The van der Waals surface area contributed by atoms with Gasteiger partial charge in [-0.25, -0.2) is 8.42 Å². The Morgan fingerprint density at radius 2 is 2.05 bits per heavy atom. The first kappa shape index (κ1) is 15.5. The predicted octanol–water partition coefficient (Wildman–Crippen LogP) is 1.74. The Balaban J connectivity index is 2.07. The maximum absolute atomic E-state index is 12.7. The van der Waals surface area contributed by atoms with E-state index in [-0.39, 0.29) is 9.92 Å². The summed E-state index contributed by atoms with van der Waals surface area (Å²) in [6, 6.07) is 6.40. The fourth-order valence-electron chi connectivity index (χ4n) is 2.26. The molecule has 0 spiro atoms. The molecule has 2 aromatic rings. The quantitative estimate of drug-likeness (QED) is 0.835. The Morgan fingerprint density at radius 3 is 2.73 bits per heavy atom. The number of hydrogen-bond acceptors (Lipinski definition) is 5. The van der Waals surface area contributed by atoms with Gasteiger partial charge in [0.25, 0.3) is 10.0 Å². The Kier molecular flexibility index (Phi) is 3.80. The highest BCUT2D eigenvalue weighted by Gasteiger charge is 2.39. The average molecular weight is 355 g/mol. The van der Waals surface area contributed by atoms with Crippen LogP contribution in [0.4, 0.5) is 0 Å². The average Bonchev–Trinajstić information content (AvgIpc) is 2.80. The molecule has 22 heavy (non-hydrogen) atoms. The SMILES string of the molecule is Cc1ccc(S(=O)(=O)N2N=Cc3sc(C)cc3B2O)c(Cl)c1. The van der Waals surface area contributed by atoms with Gasteiger partial charge >= 0.3 is 7.05 Å². The largest absolute Gasteiger partial charge is 0.485 e. The molecule has 0 bridgehead atoms. The van der Waals surface area contributed by atoms with E-state index in [4.69, 9.17) is 11.6 Å². The van der Waals surface area contributed by atoms with E-state index in [1.54, 1.807) is 18.2 Å². The van der Waals surface area contributed by atoms with Crippen molar-refractivity contribution in [2.24, 2.45) is 5.10 Å². The number of fused-ring (bicyclic) bond motifs is 1. The Labute approximate surface area is 138 Å². The van der Waals surface area contributed by atoms with Crippen molar-refractivity contribution in [1.82, 2.24) is 4.33 Å². The first-order valence-electron chi connectivity index (χ1n) is 6.43. The molecule has 114 valence electrons. The van der Waals surface area contributed by atoms with Crippen LogP contribution in [-0.4, -0.2) is 31.0 Å². The van der Waals surface area contributed by atoms with Crippen LogP contribution in [-0.2, 0) is 10.0 Å². The molecule has 1 N–H and O–H groups in total. The molecular formula is C13H12BClN2O3S2. The molecule has 0 amide bonds. The number of nitrogens with zero attached hydrogens (tertiary/aromatic N) is 2. The summed E-state index contributed by atoms with van der Waals surface area (Å²) in [5.74, 6) is 0. The number of thiophene rings is 1. The monoisotopic (exact) mass is 354 g/mol. The van der Waals surface area contributed by atoms with Crippen LogP contribution in [0.3, 0.4) is 0 Å². The molecule has 0 fully saturated rings. The lowest BCUT2D eigenvalue weighted by Crippen LogP contribution is -2.51. The second kappa shape index (κ2) is 5.38. The van der Waals surface area contributed by atoms with Gasteiger partial charge in [0.05, 0.1) is 11.2 Å². The summed E-state index contributed by atoms with van der Waals surface area (Å²) in [5, 5.41) is 14.4. The lowest BCUT2D eigenvalue weighted by molar-refractivity contribution is 0.476. The molecule has 1 aliphatic rings. The number of benzene rings is 1. The van der Waals surface area contributed by atoms with Gasteiger partial charge in [-0.05, 0) is 43.1 Å². The highest BCUT2D eigenvalue weighted by Crippen LogP contribution is 2.28. The van der Waals surface area contributed by atoms with Crippen molar-refractivity contribution in [2.75, 3.05) is 0 Å². The molecule has 1 aliphatic heterocycles. The zero-order chi connectivity index (χ0) is 16.1. The van der Waals surface area contributed by atoms with Gasteiger partial charge in [0, 0.05) is 9.75 Å². The van der Waals surface area contributed by atoms with Gasteiger partial charge in [0.2, 0.25) is 0 Å². The number of sulfonamides is 1. The normalized spacial score (nSPS) is 14.4. The van der Waals surface area contributed by atoms with E-state index in [2.05, 4.69) is 5.10 Å². The summed E-state index contributed by atoms with van der Waals surface area (Å²) in [6.07, 6.45) is 1.44. The Morgan fingerprint density at radius 1 is 1.32 bits per heavy atom. The maximum atomic E-state index is 12.7. The van der Waals surface area contributed by atoms with Gasteiger partial charge in [-0.3, -0.25) is 0 Å². The maximum Gasteiger partial charge on any atom is 0.485 e. The summed E-state index contributed by atoms with van der Waals surface area (Å²) >= 11 is 7.50. The smallest absolute Gasteiger partial charge is 0.427 e. The number of hydrazone groups is 1. The number of rotatable bonds is 2. The van der Waals surface area contributed by atoms with E-state index in [1.165, 1.54) is 23.6 Å². The van der Waals surface area contributed by atoms with E-state index >= 15 is 0 Å². The molecule has 1 aromatic heterocycles. The minimum Gasteiger partial charge on any atom is -0.427 e. The van der Waals surface area contributed by atoms with Gasteiger partial charge in [-0.1, -0.05) is 17.7 Å². The van der Waals surface area contributed by atoms with E-state index in [9.17, 15) is 13.4 Å². The molecule has 0 saturated heterocycles. The van der Waals surface area contributed by atoms with E-state index in [0.29, 0.717) is 9.79 Å². The van der Waals surface area contributed by atoms with Crippen molar-refractivity contribution in [2.45, 2.75) is 18.7 Å².